The zero-order valence-corrected chi connectivity index (χ0v) is 52.8. The third kappa shape index (κ3) is 20.2. The molecule has 0 aliphatic heterocycles. The van der Waals surface area contributed by atoms with Crippen LogP contribution in [0.2, 0.25) is 0 Å². The maximum absolute atomic E-state index is 9.72. The summed E-state index contributed by atoms with van der Waals surface area (Å²) in [6.07, 6.45) is 12.3. The molecule has 8 rings (SSSR count). The van der Waals surface area contributed by atoms with Gasteiger partial charge in [0.1, 0.15) is 74.1 Å². The monoisotopic (exact) mass is 1180 g/mol. The van der Waals surface area contributed by atoms with Gasteiger partial charge in [0.05, 0.1) is 36.6 Å². The van der Waals surface area contributed by atoms with Crippen LogP contribution in [-0.2, 0) is 16.2 Å². The fraction of sp³-hybridized carbons (Fsp3) is 0.514. The van der Waals surface area contributed by atoms with Crippen molar-refractivity contribution in [2.45, 2.75) is 205 Å². The van der Waals surface area contributed by atoms with Crippen LogP contribution in [0.3, 0.4) is 0 Å². The van der Waals surface area contributed by atoms with Gasteiger partial charge in [-0.05, 0) is 170 Å². The Balaban J connectivity index is 0.000000207. The van der Waals surface area contributed by atoms with E-state index >= 15 is 0 Å². The van der Waals surface area contributed by atoms with E-state index in [1.807, 2.05) is 114 Å². The van der Waals surface area contributed by atoms with Gasteiger partial charge < -0.3 is 59.1 Å². The van der Waals surface area contributed by atoms with Gasteiger partial charge in [0, 0.05) is 16.2 Å². The Morgan fingerprint density at radius 3 is 0.651 bits per heavy atom. The number of benzene rings is 6. The Hall–Kier alpha value is -6.12. The van der Waals surface area contributed by atoms with Crippen molar-refractivity contribution >= 4 is 0 Å². The lowest BCUT2D eigenvalue weighted by Crippen LogP contribution is -2.30. The molecule has 0 bridgehead atoms. The van der Waals surface area contributed by atoms with Gasteiger partial charge in [0.2, 0.25) is 0 Å². The van der Waals surface area contributed by atoms with Crippen LogP contribution in [-0.4, -0.2) is 107 Å². The normalized spacial score (nSPS) is 16.5. The van der Waals surface area contributed by atoms with E-state index in [-0.39, 0.29) is 16.2 Å². The highest BCUT2D eigenvalue weighted by molar-refractivity contribution is 5.46. The van der Waals surface area contributed by atoms with Crippen LogP contribution in [0.1, 0.15) is 185 Å². The van der Waals surface area contributed by atoms with Crippen LogP contribution in [0.4, 0.5) is 0 Å². The molecule has 6 N–H and O–H groups in total. The van der Waals surface area contributed by atoms with Gasteiger partial charge in [-0.15, -0.1) is 0 Å². The first-order valence-electron chi connectivity index (χ1n) is 32.0. The number of hydrogen-bond acceptors (Lipinski definition) is 12. The van der Waals surface area contributed by atoms with E-state index in [4.69, 9.17) is 28.4 Å². The van der Waals surface area contributed by atoms with Gasteiger partial charge in [-0.3, -0.25) is 0 Å². The molecule has 6 aromatic rings. The summed E-state index contributed by atoms with van der Waals surface area (Å²) < 4.78 is 34.1. The van der Waals surface area contributed by atoms with Gasteiger partial charge in [0.25, 0.3) is 0 Å². The highest BCUT2D eigenvalue weighted by atomic mass is 16.5. The van der Waals surface area contributed by atoms with Crippen LogP contribution in [0, 0.1) is 0 Å². The molecule has 0 saturated heterocycles. The van der Waals surface area contributed by atoms with Crippen molar-refractivity contribution in [3.05, 3.63) is 179 Å². The second-order valence-electron chi connectivity index (χ2n) is 23.9. The molecular weight excluding hydrogens is 1080 g/mol. The molecule has 12 nitrogen and oxygen atoms in total. The Kier molecular flexibility index (Phi) is 28.1. The van der Waals surface area contributed by atoms with Crippen molar-refractivity contribution in [3.63, 3.8) is 0 Å². The minimum absolute atomic E-state index is 0.0151. The lowest BCUT2D eigenvalue weighted by molar-refractivity contribution is 0.104. The van der Waals surface area contributed by atoms with E-state index in [1.165, 1.54) is 65.5 Å². The maximum Gasteiger partial charge on any atom is 0.119 e. The van der Waals surface area contributed by atoms with Crippen molar-refractivity contribution in [2.24, 2.45) is 0 Å². The summed E-state index contributed by atoms with van der Waals surface area (Å²) >= 11 is 0. The number of hydrogen-bond donors (Lipinski definition) is 6. The van der Waals surface area contributed by atoms with Crippen molar-refractivity contribution in [1.29, 1.82) is 0 Å². The predicted octanol–water partition coefficient (Wildman–Crippen LogP) is 14.4. The molecule has 2 aliphatic rings. The van der Waals surface area contributed by atoms with Gasteiger partial charge in [-0.25, -0.2) is 0 Å². The molecule has 12 heteroatoms. The average molecular weight is 1180 g/mol. The van der Waals surface area contributed by atoms with E-state index in [1.54, 1.807) is 0 Å². The topological polar surface area (TPSA) is 177 Å². The van der Waals surface area contributed by atoms with E-state index in [9.17, 15) is 30.6 Å². The smallest absolute Gasteiger partial charge is 0.119 e. The van der Waals surface area contributed by atoms with Crippen LogP contribution in [0.15, 0.2) is 146 Å². The van der Waals surface area contributed by atoms with Crippen molar-refractivity contribution in [3.8, 4) is 34.5 Å². The molecule has 0 aromatic heterocycles. The second-order valence-corrected chi connectivity index (χ2v) is 23.9. The van der Waals surface area contributed by atoms with Gasteiger partial charge in [-0.2, -0.15) is 0 Å². The molecule has 2 aliphatic carbocycles. The molecule has 6 atom stereocenters. The van der Waals surface area contributed by atoms with E-state index in [0.717, 1.165) is 60.2 Å². The van der Waals surface area contributed by atoms with Crippen molar-refractivity contribution < 1.29 is 59.1 Å². The molecule has 470 valence electrons. The number of rotatable bonds is 30. The molecule has 2 fully saturated rings. The summed E-state index contributed by atoms with van der Waals surface area (Å²) in [6, 6.07) is 49.6. The standard InChI is InChI=1S/C26H36O4.C25H34O4.C23H32O4/c1-3-22(27)18-29-24-12-8-20(9-13-24)26(16-6-5-7-17-26)21-10-14-25(15-11-21)30-19-23(28)4-2;1-3-21(26)17-28-23-11-7-19(8-12-23)25(15-5-6-16-25)20-9-13-24(14-10-20)29-18-22(27)4-2;1-5-19(24)15-26-21-11-7-17(8-12-21)23(3,4)18-9-13-22(14-10-18)27-16-20(25)6-2/h8-15,22-23,27-28H,3-7,16-19H2,1-2H3;7-14,21-22,26-27H,3-6,15-18H2,1-2H3;7-14,19-20,24-25H,5-6,15-16H2,1-4H3. The third-order valence-corrected chi connectivity index (χ3v) is 17.4. The Labute approximate surface area is 514 Å². The molecule has 0 heterocycles. The minimum atomic E-state index is -0.430. The fourth-order valence-corrected chi connectivity index (χ4v) is 11.1. The van der Waals surface area contributed by atoms with E-state index in [0.29, 0.717) is 78.2 Å². The van der Waals surface area contributed by atoms with E-state index in [2.05, 4.69) is 86.6 Å². The molecule has 0 spiro atoms. The SMILES string of the molecule is CCC(O)COc1ccc(C(C)(C)c2ccc(OCC(O)CC)cc2)cc1.CCC(O)COc1ccc(C2(c3ccc(OCC(O)CC)cc3)CCCC2)cc1.CCC(O)COc1ccc(C2(c3ccc(OCC(O)CC)cc3)CCCCC2)cc1. The molecule has 2 saturated carbocycles. The summed E-state index contributed by atoms with van der Waals surface area (Å²) in [5.41, 5.74) is 7.51. The number of aliphatic hydroxyl groups is 6. The lowest BCUT2D eigenvalue weighted by atomic mass is 9.65. The molecule has 0 radical (unpaired) electrons. The summed E-state index contributed by atoms with van der Waals surface area (Å²) in [5, 5.41) is 58.0. The largest absolute Gasteiger partial charge is 0.491 e. The highest BCUT2D eigenvalue weighted by Crippen LogP contribution is 2.48. The van der Waals surface area contributed by atoms with Crippen molar-refractivity contribution in [1.82, 2.24) is 0 Å². The molecular formula is C74H102O12. The quantitative estimate of drug-likeness (QED) is 0.0252. The van der Waals surface area contributed by atoms with Gasteiger partial charge in [0.15, 0.2) is 0 Å². The summed E-state index contributed by atoms with van der Waals surface area (Å²) in [7, 11) is 0. The zero-order chi connectivity index (χ0) is 62.0. The Bertz CT molecular complexity index is 2590. The summed E-state index contributed by atoms with van der Waals surface area (Å²) in [5.74, 6) is 4.73. The summed E-state index contributed by atoms with van der Waals surface area (Å²) in [6.45, 7) is 18.0. The number of ether oxygens (including phenoxy) is 6. The third-order valence-electron chi connectivity index (χ3n) is 17.4. The Morgan fingerprint density at radius 1 is 0.291 bits per heavy atom. The maximum atomic E-state index is 9.72. The molecule has 6 unspecified atom stereocenters. The van der Waals surface area contributed by atoms with Crippen LogP contribution < -0.4 is 28.4 Å². The summed E-state index contributed by atoms with van der Waals surface area (Å²) in [4.78, 5) is 0. The fourth-order valence-electron chi connectivity index (χ4n) is 11.1. The van der Waals surface area contributed by atoms with E-state index < -0.39 is 36.6 Å². The van der Waals surface area contributed by atoms with Gasteiger partial charge >= 0.3 is 0 Å². The van der Waals surface area contributed by atoms with Crippen molar-refractivity contribution in [2.75, 3.05) is 39.6 Å². The molecule has 86 heavy (non-hydrogen) atoms. The first-order chi connectivity index (χ1) is 41.5. The highest BCUT2D eigenvalue weighted by Gasteiger charge is 2.38. The molecule has 6 aromatic carbocycles. The zero-order valence-electron chi connectivity index (χ0n) is 52.8. The lowest BCUT2D eigenvalue weighted by Gasteiger charge is -2.38. The predicted molar refractivity (Wildman–Crippen MR) is 345 cm³/mol. The van der Waals surface area contributed by atoms with Crippen LogP contribution in [0.5, 0.6) is 34.5 Å². The first kappa shape index (κ1) is 69.0. The minimum Gasteiger partial charge on any atom is -0.491 e. The van der Waals surface area contributed by atoms with Crippen LogP contribution in [0.25, 0.3) is 0 Å². The second kappa shape index (κ2) is 35.0. The number of aliphatic hydroxyl groups excluding tert-OH is 6. The Morgan fingerprint density at radius 2 is 0.465 bits per heavy atom. The first-order valence-corrected chi connectivity index (χ1v) is 32.0. The van der Waals surface area contributed by atoms with Gasteiger partial charge in [-0.1, -0.05) is 160 Å². The molecule has 0 amide bonds. The average Bonchev–Trinajstić information content (AvgIpc) is 1.74. The van der Waals surface area contributed by atoms with Crippen LogP contribution >= 0.6 is 0 Å².